The molecule has 1 saturated heterocycles. The van der Waals surface area contributed by atoms with E-state index in [4.69, 9.17) is 5.73 Å². The molecule has 3 unspecified atom stereocenters. The zero-order valence-corrected chi connectivity index (χ0v) is 8.00. The molecular weight excluding hydrogens is 148 g/mol. The molecule has 0 spiro atoms. The zero-order chi connectivity index (χ0) is 8.55. The summed E-state index contributed by atoms with van der Waals surface area (Å²) in [6, 6.07) is 0. The molecule has 0 aromatic heterocycles. The minimum atomic E-state index is 0.337. The fourth-order valence-corrected chi connectivity index (χ4v) is 2.83. The SMILES string of the molecule is CN1CC2CCCCC2CC1N. The summed E-state index contributed by atoms with van der Waals surface area (Å²) in [6.07, 6.45) is 7.35. The molecule has 70 valence electrons. The van der Waals surface area contributed by atoms with Crippen molar-refractivity contribution in [3.05, 3.63) is 0 Å². The minimum Gasteiger partial charge on any atom is -0.316 e. The first-order chi connectivity index (χ1) is 5.77. The van der Waals surface area contributed by atoms with Gasteiger partial charge in [0.2, 0.25) is 0 Å². The predicted molar refractivity (Wildman–Crippen MR) is 50.7 cm³/mol. The molecule has 2 fully saturated rings. The highest BCUT2D eigenvalue weighted by molar-refractivity contribution is 4.85. The minimum absolute atomic E-state index is 0.337. The van der Waals surface area contributed by atoms with Crippen molar-refractivity contribution in [2.75, 3.05) is 13.6 Å². The Balaban J connectivity index is 1.98. The average Bonchev–Trinajstić information content (AvgIpc) is 2.07. The highest BCUT2D eigenvalue weighted by atomic mass is 15.2. The molecule has 1 aliphatic carbocycles. The zero-order valence-electron chi connectivity index (χ0n) is 8.00. The number of piperidine rings is 1. The topological polar surface area (TPSA) is 29.3 Å². The second-order valence-electron chi connectivity index (χ2n) is 4.55. The summed E-state index contributed by atoms with van der Waals surface area (Å²) >= 11 is 0. The molecule has 2 N–H and O–H groups in total. The maximum absolute atomic E-state index is 6.01. The summed E-state index contributed by atoms with van der Waals surface area (Å²) in [5.41, 5.74) is 6.01. The van der Waals surface area contributed by atoms with Gasteiger partial charge in [0.05, 0.1) is 6.17 Å². The van der Waals surface area contributed by atoms with Crippen molar-refractivity contribution < 1.29 is 0 Å². The smallest absolute Gasteiger partial charge is 0.0572 e. The van der Waals surface area contributed by atoms with E-state index in [1.165, 1.54) is 38.6 Å². The molecular formula is C10H20N2. The van der Waals surface area contributed by atoms with E-state index in [9.17, 15) is 0 Å². The lowest BCUT2D eigenvalue weighted by atomic mass is 9.74. The van der Waals surface area contributed by atoms with E-state index in [0.717, 1.165) is 11.8 Å². The number of nitrogens with zero attached hydrogens (tertiary/aromatic N) is 1. The third kappa shape index (κ3) is 1.50. The van der Waals surface area contributed by atoms with Gasteiger partial charge in [-0.3, -0.25) is 4.90 Å². The molecule has 0 aromatic rings. The van der Waals surface area contributed by atoms with Gasteiger partial charge >= 0.3 is 0 Å². The Kier molecular flexibility index (Phi) is 2.37. The van der Waals surface area contributed by atoms with E-state index in [0.29, 0.717) is 6.17 Å². The van der Waals surface area contributed by atoms with Crippen molar-refractivity contribution in [2.45, 2.75) is 38.3 Å². The van der Waals surface area contributed by atoms with Crippen molar-refractivity contribution in [3.63, 3.8) is 0 Å². The van der Waals surface area contributed by atoms with Gasteiger partial charge in [-0.15, -0.1) is 0 Å². The van der Waals surface area contributed by atoms with Gasteiger partial charge in [0, 0.05) is 6.54 Å². The standard InChI is InChI=1S/C10H20N2/c1-12-7-9-5-3-2-4-8(9)6-10(12)11/h8-10H,2-7,11H2,1H3. The first kappa shape index (κ1) is 8.52. The van der Waals surface area contributed by atoms with Crippen LogP contribution >= 0.6 is 0 Å². The van der Waals surface area contributed by atoms with Crippen LogP contribution in [0.1, 0.15) is 32.1 Å². The van der Waals surface area contributed by atoms with Crippen LogP contribution in [0.2, 0.25) is 0 Å². The van der Waals surface area contributed by atoms with Gasteiger partial charge in [0.25, 0.3) is 0 Å². The van der Waals surface area contributed by atoms with Crippen LogP contribution in [-0.2, 0) is 0 Å². The second kappa shape index (κ2) is 3.35. The van der Waals surface area contributed by atoms with Crippen molar-refractivity contribution >= 4 is 0 Å². The van der Waals surface area contributed by atoms with Gasteiger partial charge < -0.3 is 5.73 Å². The van der Waals surface area contributed by atoms with E-state index in [2.05, 4.69) is 11.9 Å². The Bertz CT molecular complexity index is 140. The number of nitrogens with two attached hydrogens (primary N) is 1. The van der Waals surface area contributed by atoms with Gasteiger partial charge in [-0.2, -0.15) is 0 Å². The maximum atomic E-state index is 6.01. The number of likely N-dealkylation sites (tertiary alicyclic amines) is 1. The van der Waals surface area contributed by atoms with Crippen LogP contribution in [-0.4, -0.2) is 24.7 Å². The Hall–Kier alpha value is -0.0800. The van der Waals surface area contributed by atoms with Crippen molar-refractivity contribution in [1.29, 1.82) is 0 Å². The lowest BCUT2D eigenvalue weighted by molar-refractivity contribution is 0.0599. The molecule has 1 saturated carbocycles. The van der Waals surface area contributed by atoms with Crippen molar-refractivity contribution in [2.24, 2.45) is 17.6 Å². The molecule has 12 heavy (non-hydrogen) atoms. The number of hydrogen-bond acceptors (Lipinski definition) is 2. The van der Waals surface area contributed by atoms with Crippen molar-refractivity contribution in [1.82, 2.24) is 4.90 Å². The molecule has 0 amide bonds. The fourth-order valence-electron chi connectivity index (χ4n) is 2.83. The normalized spacial score (nSPS) is 44.0. The maximum Gasteiger partial charge on any atom is 0.0572 e. The van der Waals surface area contributed by atoms with Crippen LogP contribution < -0.4 is 5.73 Å². The van der Waals surface area contributed by atoms with Crippen molar-refractivity contribution in [3.8, 4) is 0 Å². The molecule has 2 rings (SSSR count). The molecule has 3 atom stereocenters. The molecule has 1 aliphatic heterocycles. The molecule has 2 nitrogen and oxygen atoms in total. The molecule has 0 aromatic carbocycles. The summed E-state index contributed by atoms with van der Waals surface area (Å²) in [5.74, 6) is 1.91. The highest BCUT2D eigenvalue weighted by Crippen LogP contribution is 2.36. The fraction of sp³-hybridized carbons (Fsp3) is 1.00. The summed E-state index contributed by atoms with van der Waals surface area (Å²) in [6.45, 7) is 1.24. The summed E-state index contributed by atoms with van der Waals surface area (Å²) in [5, 5.41) is 0. The van der Waals surface area contributed by atoms with Crippen LogP contribution in [0.15, 0.2) is 0 Å². The van der Waals surface area contributed by atoms with Crippen LogP contribution in [0.5, 0.6) is 0 Å². The average molecular weight is 168 g/mol. The van der Waals surface area contributed by atoms with Crippen LogP contribution in [0, 0.1) is 11.8 Å². The first-order valence-corrected chi connectivity index (χ1v) is 5.23. The van der Waals surface area contributed by atoms with Crippen LogP contribution in [0.3, 0.4) is 0 Å². The largest absolute Gasteiger partial charge is 0.316 e. The molecule has 1 heterocycles. The van der Waals surface area contributed by atoms with Gasteiger partial charge in [-0.25, -0.2) is 0 Å². The molecule has 2 aliphatic rings. The highest BCUT2D eigenvalue weighted by Gasteiger charge is 2.33. The Morgan fingerprint density at radius 2 is 1.83 bits per heavy atom. The predicted octanol–water partition coefficient (Wildman–Crippen LogP) is 1.41. The van der Waals surface area contributed by atoms with E-state index in [1.807, 2.05) is 0 Å². The summed E-state index contributed by atoms with van der Waals surface area (Å²) in [7, 11) is 2.16. The Morgan fingerprint density at radius 1 is 1.17 bits per heavy atom. The third-order valence-corrected chi connectivity index (χ3v) is 3.70. The van der Waals surface area contributed by atoms with E-state index in [-0.39, 0.29) is 0 Å². The third-order valence-electron chi connectivity index (χ3n) is 3.70. The van der Waals surface area contributed by atoms with Gasteiger partial charge in [-0.1, -0.05) is 19.3 Å². The van der Waals surface area contributed by atoms with Crippen LogP contribution in [0.4, 0.5) is 0 Å². The van der Waals surface area contributed by atoms with E-state index in [1.54, 1.807) is 0 Å². The number of fused-ring (bicyclic) bond motifs is 1. The number of hydrogen-bond donors (Lipinski definition) is 1. The van der Waals surface area contributed by atoms with Gasteiger partial charge in [-0.05, 0) is 31.7 Å². The monoisotopic (exact) mass is 168 g/mol. The molecule has 0 radical (unpaired) electrons. The Labute approximate surface area is 75.1 Å². The second-order valence-corrected chi connectivity index (χ2v) is 4.55. The quantitative estimate of drug-likeness (QED) is 0.592. The Morgan fingerprint density at radius 3 is 2.58 bits per heavy atom. The van der Waals surface area contributed by atoms with E-state index >= 15 is 0 Å². The molecule has 0 bridgehead atoms. The summed E-state index contributed by atoms with van der Waals surface area (Å²) < 4.78 is 0. The lowest BCUT2D eigenvalue weighted by Gasteiger charge is -2.43. The van der Waals surface area contributed by atoms with E-state index < -0.39 is 0 Å². The summed E-state index contributed by atoms with van der Waals surface area (Å²) in [4.78, 5) is 2.33. The van der Waals surface area contributed by atoms with Gasteiger partial charge in [0.15, 0.2) is 0 Å². The molecule has 2 heteroatoms. The van der Waals surface area contributed by atoms with Gasteiger partial charge in [0.1, 0.15) is 0 Å². The first-order valence-electron chi connectivity index (χ1n) is 5.23. The number of rotatable bonds is 0. The van der Waals surface area contributed by atoms with Crippen LogP contribution in [0.25, 0.3) is 0 Å². The lowest BCUT2D eigenvalue weighted by Crippen LogP contribution is -2.50.